The largest absolute Gasteiger partial charge is 0.296 e. The fourth-order valence-electron chi connectivity index (χ4n) is 2.23. The van der Waals surface area contributed by atoms with E-state index in [1.165, 1.54) is 0 Å². The van der Waals surface area contributed by atoms with Crippen LogP contribution >= 0.6 is 34.8 Å². The highest BCUT2D eigenvalue weighted by Crippen LogP contribution is 2.25. The van der Waals surface area contributed by atoms with E-state index >= 15 is 0 Å². The number of imidazole rings is 1. The summed E-state index contributed by atoms with van der Waals surface area (Å²) in [6, 6.07) is 13.3. The van der Waals surface area contributed by atoms with E-state index in [1.54, 1.807) is 0 Å². The van der Waals surface area contributed by atoms with Crippen LogP contribution in [0.4, 0.5) is 0 Å². The van der Waals surface area contributed by atoms with Gasteiger partial charge >= 0.3 is 0 Å². The first-order valence-electron chi connectivity index (χ1n) is 6.18. The maximum atomic E-state index is 6.10. The molecule has 0 bridgehead atoms. The predicted octanol–water partition coefficient (Wildman–Crippen LogP) is 5.11. The van der Waals surface area contributed by atoms with Crippen LogP contribution < -0.4 is 0 Å². The van der Waals surface area contributed by atoms with Crippen molar-refractivity contribution in [3.8, 4) is 5.69 Å². The van der Waals surface area contributed by atoms with Crippen molar-refractivity contribution in [1.82, 2.24) is 9.55 Å². The molecule has 1 aromatic heterocycles. The third-order valence-electron chi connectivity index (χ3n) is 3.09. The molecule has 0 aliphatic heterocycles. The van der Waals surface area contributed by atoms with Crippen LogP contribution in [0.1, 0.15) is 5.82 Å². The first-order chi connectivity index (χ1) is 9.69. The van der Waals surface area contributed by atoms with E-state index in [1.807, 2.05) is 42.5 Å². The average molecular weight is 326 g/mol. The summed E-state index contributed by atoms with van der Waals surface area (Å²) >= 11 is 17.9. The fraction of sp³-hybridized carbons (Fsp3) is 0.133. The molecular formula is C15H11Cl3N2. The number of hydrogen-bond donors (Lipinski definition) is 0. The van der Waals surface area contributed by atoms with Crippen LogP contribution in [0.5, 0.6) is 0 Å². The molecule has 0 amide bonds. The standard InChI is InChI=1S/C15H11Cl3N2/c16-8-7-15-19-13-6-3-11(18)9-14(13)20(15)12-4-1-10(17)2-5-12/h1-6,9H,7-8H2. The number of benzene rings is 2. The first kappa shape index (κ1) is 13.7. The van der Waals surface area contributed by atoms with E-state index in [2.05, 4.69) is 9.55 Å². The number of hydrogen-bond acceptors (Lipinski definition) is 1. The van der Waals surface area contributed by atoms with E-state index in [0.29, 0.717) is 22.3 Å². The molecule has 0 N–H and O–H groups in total. The Kier molecular flexibility index (Phi) is 3.88. The number of rotatable bonds is 3. The minimum atomic E-state index is 0.518. The molecule has 5 heteroatoms. The Labute approximate surface area is 131 Å². The summed E-state index contributed by atoms with van der Waals surface area (Å²) in [6.45, 7) is 0. The van der Waals surface area contributed by atoms with Gasteiger partial charge in [-0.3, -0.25) is 4.57 Å². The van der Waals surface area contributed by atoms with Gasteiger partial charge in [0.1, 0.15) is 5.82 Å². The van der Waals surface area contributed by atoms with Gasteiger partial charge in [0.05, 0.1) is 11.0 Å². The lowest BCUT2D eigenvalue weighted by Crippen LogP contribution is -2.02. The Morgan fingerprint density at radius 3 is 2.35 bits per heavy atom. The van der Waals surface area contributed by atoms with Gasteiger partial charge in [-0.2, -0.15) is 0 Å². The number of fused-ring (bicyclic) bond motifs is 1. The summed E-state index contributed by atoms with van der Waals surface area (Å²) in [7, 11) is 0. The third-order valence-corrected chi connectivity index (χ3v) is 3.76. The lowest BCUT2D eigenvalue weighted by atomic mass is 10.2. The van der Waals surface area contributed by atoms with E-state index < -0.39 is 0 Å². The summed E-state index contributed by atoms with van der Waals surface area (Å²) in [5.74, 6) is 1.43. The second-order valence-corrected chi connectivity index (χ2v) is 5.66. The van der Waals surface area contributed by atoms with Crippen LogP contribution in [0.3, 0.4) is 0 Å². The van der Waals surface area contributed by atoms with Gasteiger partial charge in [0.2, 0.25) is 0 Å². The topological polar surface area (TPSA) is 17.8 Å². The Morgan fingerprint density at radius 2 is 1.65 bits per heavy atom. The molecule has 20 heavy (non-hydrogen) atoms. The molecule has 0 radical (unpaired) electrons. The molecule has 0 atom stereocenters. The smallest absolute Gasteiger partial charge is 0.115 e. The molecule has 0 aliphatic rings. The van der Waals surface area contributed by atoms with Gasteiger partial charge in [-0.25, -0.2) is 4.98 Å². The van der Waals surface area contributed by atoms with Crippen molar-refractivity contribution in [2.24, 2.45) is 0 Å². The highest BCUT2D eigenvalue weighted by atomic mass is 35.5. The summed E-state index contributed by atoms with van der Waals surface area (Å²) in [4.78, 5) is 4.63. The van der Waals surface area contributed by atoms with Crippen LogP contribution in [0.2, 0.25) is 10.0 Å². The highest BCUT2D eigenvalue weighted by molar-refractivity contribution is 6.31. The molecule has 0 unspecified atom stereocenters. The number of halogens is 3. The fourth-order valence-corrected chi connectivity index (χ4v) is 2.69. The van der Waals surface area contributed by atoms with Gasteiger partial charge in [-0.15, -0.1) is 11.6 Å². The molecular weight excluding hydrogens is 315 g/mol. The Hall–Kier alpha value is -1.22. The number of aryl methyl sites for hydroxylation is 1. The van der Waals surface area contributed by atoms with Crippen molar-refractivity contribution < 1.29 is 0 Å². The molecule has 0 saturated heterocycles. The number of nitrogens with zero attached hydrogens (tertiary/aromatic N) is 2. The van der Waals surface area contributed by atoms with E-state index in [4.69, 9.17) is 34.8 Å². The molecule has 2 nitrogen and oxygen atoms in total. The highest BCUT2D eigenvalue weighted by Gasteiger charge is 2.12. The Morgan fingerprint density at radius 1 is 0.950 bits per heavy atom. The van der Waals surface area contributed by atoms with Gasteiger partial charge in [0.25, 0.3) is 0 Å². The van der Waals surface area contributed by atoms with Crippen LogP contribution in [0.15, 0.2) is 42.5 Å². The van der Waals surface area contributed by atoms with Gasteiger partial charge in [-0.1, -0.05) is 23.2 Å². The minimum absolute atomic E-state index is 0.518. The van der Waals surface area contributed by atoms with Crippen molar-refractivity contribution in [3.63, 3.8) is 0 Å². The van der Waals surface area contributed by atoms with Crippen LogP contribution in [0.25, 0.3) is 16.7 Å². The summed E-state index contributed by atoms with van der Waals surface area (Å²) in [6.07, 6.45) is 0.691. The van der Waals surface area contributed by atoms with E-state index in [0.717, 1.165) is 22.5 Å². The molecule has 0 aliphatic carbocycles. The molecule has 2 aromatic carbocycles. The lowest BCUT2D eigenvalue weighted by Gasteiger charge is -2.08. The van der Waals surface area contributed by atoms with Crippen molar-refractivity contribution >= 4 is 45.8 Å². The van der Waals surface area contributed by atoms with Gasteiger partial charge in [0, 0.05) is 28.0 Å². The maximum absolute atomic E-state index is 6.10. The van der Waals surface area contributed by atoms with Crippen LogP contribution in [-0.4, -0.2) is 15.4 Å². The normalized spacial score (nSPS) is 11.2. The van der Waals surface area contributed by atoms with Crippen molar-refractivity contribution in [3.05, 3.63) is 58.3 Å². The van der Waals surface area contributed by atoms with Gasteiger partial charge in [0.15, 0.2) is 0 Å². The number of aromatic nitrogens is 2. The zero-order chi connectivity index (χ0) is 14.1. The van der Waals surface area contributed by atoms with Gasteiger partial charge < -0.3 is 0 Å². The molecule has 1 heterocycles. The van der Waals surface area contributed by atoms with Gasteiger partial charge in [-0.05, 0) is 42.5 Å². The van der Waals surface area contributed by atoms with E-state index in [9.17, 15) is 0 Å². The number of alkyl halides is 1. The minimum Gasteiger partial charge on any atom is -0.296 e. The van der Waals surface area contributed by atoms with E-state index in [-0.39, 0.29) is 0 Å². The quantitative estimate of drug-likeness (QED) is 0.612. The Balaban J connectivity index is 2.27. The summed E-state index contributed by atoms with van der Waals surface area (Å²) < 4.78 is 2.07. The average Bonchev–Trinajstić information content (AvgIpc) is 2.78. The van der Waals surface area contributed by atoms with Crippen molar-refractivity contribution in [2.45, 2.75) is 6.42 Å². The predicted molar refractivity (Wildman–Crippen MR) is 85.5 cm³/mol. The lowest BCUT2D eigenvalue weighted by molar-refractivity contribution is 0.912. The summed E-state index contributed by atoms with van der Waals surface area (Å²) in [5, 5.41) is 1.39. The third kappa shape index (κ3) is 2.51. The Bertz CT molecular complexity index is 748. The SMILES string of the molecule is ClCCc1nc2ccc(Cl)cc2n1-c1ccc(Cl)cc1. The first-order valence-corrected chi connectivity index (χ1v) is 7.47. The summed E-state index contributed by atoms with van der Waals surface area (Å²) in [5.41, 5.74) is 2.88. The van der Waals surface area contributed by atoms with Crippen LogP contribution in [0, 0.1) is 0 Å². The second kappa shape index (κ2) is 5.65. The molecule has 3 aromatic rings. The molecule has 0 spiro atoms. The van der Waals surface area contributed by atoms with Crippen LogP contribution in [-0.2, 0) is 6.42 Å². The van der Waals surface area contributed by atoms with Crippen molar-refractivity contribution in [2.75, 3.05) is 5.88 Å². The molecule has 102 valence electrons. The zero-order valence-electron chi connectivity index (χ0n) is 10.5. The van der Waals surface area contributed by atoms with Crippen molar-refractivity contribution in [1.29, 1.82) is 0 Å². The molecule has 3 rings (SSSR count). The monoisotopic (exact) mass is 324 g/mol. The second-order valence-electron chi connectivity index (χ2n) is 4.41. The molecule has 0 fully saturated rings. The maximum Gasteiger partial charge on any atom is 0.115 e. The zero-order valence-corrected chi connectivity index (χ0v) is 12.8. The molecule has 0 saturated carbocycles.